The van der Waals surface area contributed by atoms with E-state index in [1.54, 1.807) is 18.1 Å². The molecular formula is C13H15N3O. The minimum Gasteiger partial charge on any atom is -0.382 e. The van der Waals surface area contributed by atoms with Crippen LogP contribution in [0.15, 0.2) is 47.2 Å². The number of benzene rings is 1. The van der Waals surface area contributed by atoms with Crippen LogP contribution in [0.5, 0.6) is 0 Å². The topological polar surface area (TPSA) is 35.9 Å². The molecule has 4 nitrogen and oxygen atoms in total. The van der Waals surface area contributed by atoms with E-state index in [-0.39, 0.29) is 5.91 Å². The van der Waals surface area contributed by atoms with Gasteiger partial charge >= 0.3 is 0 Å². The quantitative estimate of drug-likeness (QED) is 0.717. The van der Waals surface area contributed by atoms with Gasteiger partial charge in [0.1, 0.15) is 11.5 Å². The molecule has 17 heavy (non-hydrogen) atoms. The van der Waals surface area contributed by atoms with Crippen molar-refractivity contribution in [1.82, 2.24) is 9.80 Å². The SMILES string of the molecule is CN(C)C=C1N=C(c2ccccc2)N(C)C1=O. The van der Waals surface area contributed by atoms with Crippen molar-refractivity contribution in [2.75, 3.05) is 21.1 Å². The molecule has 0 saturated carbocycles. The molecule has 1 aromatic rings. The van der Waals surface area contributed by atoms with Gasteiger partial charge in [0.25, 0.3) is 5.91 Å². The zero-order chi connectivity index (χ0) is 12.4. The Hall–Kier alpha value is -2.10. The second-order valence-corrected chi connectivity index (χ2v) is 4.14. The van der Waals surface area contributed by atoms with E-state index in [9.17, 15) is 4.79 Å². The lowest BCUT2D eigenvalue weighted by atomic mass is 10.2. The third-order valence-corrected chi connectivity index (χ3v) is 2.48. The maximum absolute atomic E-state index is 11.9. The lowest BCUT2D eigenvalue weighted by molar-refractivity contribution is -0.121. The predicted octanol–water partition coefficient (Wildman–Crippen LogP) is 1.31. The van der Waals surface area contributed by atoms with Gasteiger partial charge in [0.2, 0.25) is 0 Å². The molecule has 0 N–H and O–H groups in total. The Morgan fingerprint density at radius 1 is 1.24 bits per heavy atom. The first-order chi connectivity index (χ1) is 8.09. The van der Waals surface area contributed by atoms with Gasteiger partial charge in [-0.05, 0) is 0 Å². The molecule has 0 saturated heterocycles. The van der Waals surface area contributed by atoms with Gasteiger partial charge in [-0.15, -0.1) is 0 Å². The average molecular weight is 229 g/mol. The highest BCUT2D eigenvalue weighted by molar-refractivity contribution is 6.17. The normalized spacial score (nSPS) is 17.6. The van der Waals surface area contributed by atoms with Crippen LogP contribution in [0.4, 0.5) is 0 Å². The first kappa shape index (κ1) is 11.4. The maximum Gasteiger partial charge on any atom is 0.279 e. The van der Waals surface area contributed by atoms with E-state index >= 15 is 0 Å². The smallest absolute Gasteiger partial charge is 0.279 e. The Labute approximate surface area is 101 Å². The van der Waals surface area contributed by atoms with Crippen molar-refractivity contribution in [2.45, 2.75) is 0 Å². The Morgan fingerprint density at radius 3 is 2.47 bits per heavy atom. The maximum atomic E-state index is 11.9. The van der Waals surface area contributed by atoms with E-state index in [2.05, 4.69) is 4.99 Å². The highest BCUT2D eigenvalue weighted by Gasteiger charge is 2.27. The Morgan fingerprint density at radius 2 is 1.88 bits per heavy atom. The molecule has 0 fully saturated rings. The van der Waals surface area contributed by atoms with Crippen molar-refractivity contribution in [3.8, 4) is 0 Å². The molecule has 0 unspecified atom stereocenters. The van der Waals surface area contributed by atoms with E-state index in [1.165, 1.54) is 0 Å². The molecule has 1 heterocycles. The molecule has 2 rings (SSSR count). The molecule has 88 valence electrons. The van der Waals surface area contributed by atoms with Crippen LogP contribution in [0.25, 0.3) is 0 Å². The van der Waals surface area contributed by atoms with E-state index in [4.69, 9.17) is 0 Å². The number of nitrogens with zero attached hydrogens (tertiary/aromatic N) is 3. The summed E-state index contributed by atoms with van der Waals surface area (Å²) >= 11 is 0. The summed E-state index contributed by atoms with van der Waals surface area (Å²) in [7, 11) is 5.48. The van der Waals surface area contributed by atoms with Gasteiger partial charge in [0.15, 0.2) is 0 Å². The molecule has 0 aliphatic carbocycles. The number of rotatable bonds is 2. The summed E-state index contributed by atoms with van der Waals surface area (Å²) in [6, 6.07) is 9.70. The van der Waals surface area contributed by atoms with Crippen molar-refractivity contribution >= 4 is 11.7 Å². The fourth-order valence-electron chi connectivity index (χ4n) is 1.68. The lowest BCUT2D eigenvalue weighted by Crippen LogP contribution is -2.28. The molecule has 0 atom stereocenters. The minimum absolute atomic E-state index is 0.0717. The standard InChI is InChI=1S/C13H15N3O/c1-15(2)9-11-13(17)16(3)12(14-11)10-7-5-4-6-8-10/h4-9H,1-3H3. The number of amidine groups is 1. The van der Waals surface area contributed by atoms with Crippen molar-refractivity contribution in [1.29, 1.82) is 0 Å². The van der Waals surface area contributed by atoms with E-state index in [1.807, 2.05) is 49.3 Å². The fourth-order valence-corrected chi connectivity index (χ4v) is 1.68. The molecule has 1 aliphatic heterocycles. The zero-order valence-electron chi connectivity index (χ0n) is 10.2. The van der Waals surface area contributed by atoms with E-state index in [0.29, 0.717) is 11.5 Å². The third-order valence-electron chi connectivity index (χ3n) is 2.48. The van der Waals surface area contributed by atoms with Gasteiger partial charge in [-0.3, -0.25) is 9.69 Å². The van der Waals surface area contributed by atoms with Crippen LogP contribution in [0.3, 0.4) is 0 Å². The van der Waals surface area contributed by atoms with Crippen LogP contribution in [-0.4, -0.2) is 42.7 Å². The number of aliphatic imine (C=N–C) groups is 1. The van der Waals surface area contributed by atoms with Crippen molar-refractivity contribution in [3.63, 3.8) is 0 Å². The first-order valence-corrected chi connectivity index (χ1v) is 5.40. The van der Waals surface area contributed by atoms with Crippen molar-refractivity contribution in [3.05, 3.63) is 47.8 Å². The molecule has 4 heteroatoms. The van der Waals surface area contributed by atoms with Gasteiger partial charge in [-0.1, -0.05) is 30.3 Å². The number of hydrogen-bond acceptors (Lipinski definition) is 3. The van der Waals surface area contributed by atoms with Gasteiger partial charge in [0.05, 0.1) is 0 Å². The number of amides is 1. The molecular weight excluding hydrogens is 214 g/mol. The Balaban J connectivity index is 2.40. The van der Waals surface area contributed by atoms with Gasteiger partial charge in [-0.2, -0.15) is 0 Å². The zero-order valence-corrected chi connectivity index (χ0v) is 10.2. The molecule has 1 aromatic carbocycles. The molecule has 1 aliphatic rings. The van der Waals surface area contributed by atoms with Crippen molar-refractivity contribution in [2.24, 2.45) is 4.99 Å². The Bertz CT molecular complexity index is 489. The largest absolute Gasteiger partial charge is 0.382 e. The Kier molecular flexibility index (Phi) is 2.95. The highest BCUT2D eigenvalue weighted by Crippen LogP contribution is 2.17. The number of carbonyl (C=O) groups is 1. The summed E-state index contributed by atoms with van der Waals surface area (Å²) in [6.07, 6.45) is 1.73. The molecule has 0 aromatic heterocycles. The summed E-state index contributed by atoms with van der Waals surface area (Å²) in [5.74, 6) is 0.626. The summed E-state index contributed by atoms with van der Waals surface area (Å²) in [5, 5.41) is 0. The monoisotopic (exact) mass is 229 g/mol. The molecule has 0 spiro atoms. The van der Waals surface area contributed by atoms with E-state index < -0.39 is 0 Å². The minimum atomic E-state index is -0.0717. The van der Waals surface area contributed by atoms with Crippen LogP contribution < -0.4 is 0 Å². The van der Waals surface area contributed by atoms with Crippen LogP contribution >= 0.6 is 0 Å². The second kappa shape index (κ2) is 4.41. The summed E-state index contributed by atoms with van der Waals surface area (Å²) < 4.78 is 0. The van der Waals surface area contributed by atoms with E-state index in [0.717, 1.165) is 5.56 Å². The fraction of sp³-hybridized carbons (Fsp3) is 0.231. The number of carbonyl (C=O) groups excluding carboxylic acids is 1. The van der Waals surface area contributed by atoms with Crippen LogP contribution in [0.1, 0.15) is 5.56 Å². The predicted molar refractivity (Wildman–Crippen MR) is 67.5 cm³/mol. The lowest BCUT2D eigenvalue weighted by Gasteiger charge is -2.11. The molecule has 1 amide bonds. The first-order valence-electron chi connectivity index (χ1n) is 5.40. The van der Waals surface area contributed by atoms with Crippen LogP contribution in [-0.2, 0) is 4.79 Å². The molecule has 0 bridgehead atoms. The van der Waals surface area contributed by atoms with Crippen LogP contribution in [0.2, 0.25) is 0 Å². The van der Waals surface area contributed by atoms with Gasteiger partial charge in [-0.25, -0.2) is 4.99 Å². The summed E-state index contributed by atoms with van der Waals surface area (Å²) in [5.41, 5.74) is 1.42. The highest BCUT2D eigenvalue weighted by atomic mass is 16.2. The number of hydrogen-bond donors (Lipinski definition) is 0. The van der Waals surface area contributed by atoms with Crippen LogP contribution in [0, 0.1) is 0 Å². The van der Waals surface area contributed by atoms with Crippen molar-refractivity contribution < 1.29 is 4.79 Å². The average Bonchev–Trinajstić information content (AvgIpc) is 2.58. The van der Waals surface area contributed by atoms with Gasteiger partial charge in [0, 0.05) is 32.9 Å². The summed E-state index contributed by atoms with van der Waals surface area (Å²) in [6.45, 7) is 0. The third kappa shape index (κ3) is 2.20. The molecule has 0 radical (unpaired) electrons. The second-order valence-electron chi connectivity index (χ2n) is 4.14. The van der Waals surface area contributed by atoms with Gasteiger partial charge < -0.3 is 4.90 Å². The summed E-state index contributed by atoms with van der Waals surface area (Å²) in [4.78, 5) is 19.7. The number of likely N-dealkylation sites (N-methyl/N-ethyl adjacent to an activating group) is 1.